The molecule has 0 amide bonds. The Kier molecular flexibility index (Phi) is 3.08. The summed E-state index contributed by atoms with van der Waals surface area (Å²) in [5.41, 5.74) is 0.546. The minimum Gasteiger partial charge on any atom is -0.382 e. The average Bonchev–Trinajstić information content (AvgIpc) is 3.01. The molecule has 2 N–H and O–H groups in total. The van der Waals surface area contributed by atoms with E-state index in [-0.39, 0.29) is 0 Å². The Bertz CT molecular complexity index is 538. The second kappa shape index (κ2) is 4.75. The maximum Gasteiger partial charge on any atom is 0.150 e. The number of likely N-dealkylation sites (tertiary alicyclic amines) is 1. The SMILES string of the molecule is Cc1cc(CN2CCC[C@@](O)(c3cn[nH]n3)C2)on1. The van der Waals surface area contributed by atoms with Gasteiger partial charge >= 0.3 is 0 Å². The van der Waals surface area contributed by atoms with Crippen LogP contribution in [0.25, 0.3) is 0 Å². The van der Waals surface area contributed by atoms with Gasteiger partial charge in [0.2, 0.25) is 0 Å². The number of hydrogen-bond acceptors (Lipinski definition) is 6. The summed E-state index contributed by atoms with van der Waals surface area (Å²) in [4.78, 5) is 2.15. The van der Waals surface area contributed by atoms with Crippen molar-refractivity contribution in [3.63, 3.8) is 0 Å². The highest BCUT2D eigenvalue weighted by molar-refractivity contribution is 5.10. The van der Waals surface area contributed by atoms with Crippen molar-refractivity contribution in [3.05, 3.63) is 29.4 Å². The lowest BCUT2D eigenvalue weighted by Gasteiger charge is -2.37. The Morgan fingerprint density at radius 3 is 3.16 bits per heavy atom. The first-order valence-corrected chi connectivity index (χ1v) is 6.39. The topological polar surface area (TPSA) is 91.1 Å². The summed E-state index contributed by atoms with van der Waals surface area (Å²) in [5.74, 6) is 0.821. The second-order valence-corrected chi connectivity index (χ2v) is 5.14. The van der Waals surface area contributed by atoms with Crippen LogP contribution in [-0.4, -0.2) is 43.7 Å². The number of aliphatic hydroxyl groups is 1. The molecular weight excluding hydrogens is 246 g/mol. The summed E-state index contributed by atoms with van der Waals surface area (Å²) in [7, 11) is 0. The summed E-state index contributed by atoms with van der Waals surface area (Å²) in [6, 6.07) is 1.92. The fourth-order valence-electron chi connectivity index (χ4n) is 2.60. The lowest BCUT2D eigenvalue weighted by molar-refractivity contribution is -0.0432. The Balaban J connectivity index is 1.71. The Morgan fingerprint density at radius 2 is 2.47 bits per heavy atom. The molecule has 7 nitrogen and oxygen atoms in total. The molecule has 3 heterocycles. The highest BCUT2D eigenvalue weighted by atomic mass is 16.5. The van der Waals surface area contributed by atoms with Crippen LogP contribution in [0.5, 0.6) is 0 Å². The summed E-state index contributed by atoms with van der Waals surface area (Å²) in [6.45, 7) is 4.01. The van der Waals surface area contributed by atoms with E-state index in [9.17, 15) is 5.11 Å². The van der Waals surface area contributed by atoms with Crippen molar-refractivity contribution in [2.45, 2.75) is 31.9 Å². The molecule has 0 radical (unpaired) electrons. The molecule has 1 aliphatic heterocycles. The largest absolute Gasteiger partial charge is 0.382 e. The summed E-state index contributed by atoms with van der Waals surface area (Å²) >= 11 is 0. The van der Waals surface area contributed by atoms with Crippen molar-refractivity contribution in [2.75, 3.05) is 13.1 Å². The first-order chi connectivity index (χ1) is 9.16. The van der Waals surface area contributed by atoms with Crippen LogP contribution >= 0.6 is 0 Å². The number of nitrogens with one attached hydrogen (secondary N) is 1. The second-order valence-electron chi connectivity index (χ2n) is 5.14. The quantitative estimate of drug-likeness (QED) is 0.842. The molecule has 0 saturated carbocycles. The molecule has 7 heteroatoms. The van der Waals surface area contributed by atoms with Crippen LogP contribution in [0.1, 0.15) is 30.0 Å². The Morgan fingerprint density at radius 1 is 1.58 bits per heavy atom. The van der Waals surface area contributed by atoms with Gasteiger partial charge in [-0.1, -0.05) is 5.16 Å². The Hall–Kier alpha value is -1.73. The van der Waals surface area contributed by atoms with Crippen LogP contribution in [0.2, 0.25) is 0 Å². The third kappa shape index (κ3) is 2.52. The van der Waals surface area contributed by atoms with Gasteiger partial charge in [0, 0.05) is 12.6 Å². The summed E-state index contributed by atoms with van der Waals surface area (Å²) < 4.78 is 5.22. The first kappa shape index (κ1) is 12.3. The zero-order chi connectivity index (χ0) is 13.3. The van der Waals surface area contributed by atoms with E-state index in [1.807, 2.05) is 13.0 Å². The molecule has 1 fully saturated rings. The van der Waals surface area contributed by atoms with E-state index < -0.39 is 5.60 Å². The van der Waals surface area contributed by atoms with Crippen LogP contribution in [-0.2, 0) is 12.1 Å². The van der Waals surface area contributed by atoms with E-state index >= 15 is 0 Å². The van der Waals surface area contributed by atoms with Crippen molar-refractivity contribution in [2.24, 2.45) is 0 Å². The van der Waals surface area contributed by atoms with Crippen LogP contribution in [0, 0.1) is 6.92 Å². The monoisotopic (exact) mass is 263 g/mol. The van der Waals surface area contributed by atoms with Crippen molar-refractivity contribution < 1.29 is 9.63 Å². The minimum absolute atomic E-state index is 0.527. The van der Waals surface area contributed by atoms with E-state index in [0.717, 1.165) is 24.4 Å². The molecule has 1 aliphatic rings. The molecule has 19 heavy (non-hydrogen) atoms. The smallest absolute Gasteiger partial charge is 0.150 e. The fourth-order valence-corrected chi connectivity index (χ4v) is 2.60. The van der Waals surface area contributed by atoms with E-state index in [0.29, 0.717) is 25.2 Å². The molecule has 0 unspecified atom stereocenters. The highest BCUT2D eigenvalue weighted by Crippen LogP contribution is 2.30. The zero-order valence-corrected chi connectivity index (χ0v) is 10.8. The maximum absolute atomic E-state index is 10.7. The number of β-amino-alcohol motifs (C(OH)–C–C–N with tert-alkyl or cyclic N) is 1. The predicted octanol–water partition coefficient (Wildman–Crippen LogP) is 0.585. The first-order valence-electron chi connectivity index (χ1n) is 6.39. The highest BCUT2D eigenvalue weighted by Gasteiger charge is 2.37. The third-order valence-corrected chi connectivity index (χ3v) is 3.50. The van der Waals surface area contributed by atoms with Gasteiger partial charge in [0.1, 0.15) is 11.3 Å². The Labute approximate surface area is 110 Å². The molecule has 0 aliphatic carbocycles. The van der Waals surface area contributed by atoms with Gasteiger partial charge in [0.05, 0.1) is 18.4 Å². The van der Waals surface area contributed by atoms with E-state index in [2.05, 4.69) is 25.5 Å². The molecule has 3 rings (SSSR count). The van der Waals surface area contributed by atoms with Gasteiger partial charge in [-0.3, -0.25) is 4.90 Å². The molecule has 0 aromatic carbocycles. The predicted molar refractivity (Wildman–Crippen MR) is 66.0 cm³/mol. The van der Waals surface area contributed by atoms with Gasteiger partial charge in [0.25, 0.3) is 0 Å². The van der Waals surface area contributed by atoms with Gasteiger partial charge in [-0.05, 0) is 26.3 Å². The van der Waals surface area contributed by atoms with Gasteiger partial charge in [-0.25, -0.2) is 0 Å². The number of aromatic nitrogens is 4. The van der Waals surface area contributed by atoms with Crippen LogP contribution in [0.4, 0.5) is 0 Å². The lowest BCUT2D eigenvalue weighted by Crippen LogP contribution is -2.45. The minimum atomic E-state index is -0.930. The lowest BCUT2D eigenvalue weighted by atomic mass is 9.90. The average molecular weight is 263 g/mol. The number of nitrogens with zero attached hydrogens (tertiary/aromatic N) is 4. The standard InChI is InChI=1S/C12H17N5O2/c1-9-5-10(19-15-9)7-17-4-2-3-12(18,8-17)11-6-13-16-14-11/h5-6,18H,2-4,7-8H2,1H3,(H,13,14,16)/t12-/m0/s1. The van der Waals surface area contributed by atoms with E-state index in [1.54, 1.807) is 6.20 Å². The normalized spacial score (nSPS) is 24.7. The van der Waals surface area contributed by atoms with E-state index in [1.165, 1.54) is 0 Å². The molecular formula is C12H17N5O2. The van der Waals surface area contributed by atoms with Gasteiger partial charge in [-0.2, -0.15) is 15.4 Å². The molecule has 102 valence electrons. The van der Waals surface area contributed by atoms with Crippen molar-refractivity contribution in [3.8, 4) is 0 Å². The number of rotatable bonds is 3. The number of H-pyrrole nitrogens is 1. The molecule has 1 saturated heterocycles. The van der Waals surface area contributed by atoms with Crippen LogP contribution < -0.4 is 0 Å². The number of aromatic amines is 1. The molecule has 1 atom stereocenters. The molecule has 2 aromatic heterocycles. The molecule has 2 aromatic rings. The summed E-state index contributed by atoms with van der Waals surface area (Å²) in [5, 5.41) is 24.9. The van der Waals surface area contributed by atoms with Crippen LogP contribution in [0.3, 0.4) is 0 Å². The van der Waals surface area contributed by atoms with Gasteiger partial charge in [0.15, 0.2) is 5.76 Å². The van der Waals surface area contributed by atoms with Crippen molar-refractivity contribution in [1.82, 2.24) is 25.5 Å². The van der Waals surface area contributed by atoms with Crippen molar-refractivity contribution >= 4 is 0 Å². The molecule has 0 bridgehead atoms. The van der Waals surface area contributed by atoms with Crippen LogP contribution in [0.15, 0.2) is 16.8 Å². The van der Waals surface area contributed by atoms with E-state index in [4.69, 9.17) is 4.52 Å². The van der Waals surface area contributed by atoms with Crippen molar-refractivity contribution in [1.29, 1.82) is 0 Å². The maximum atomic E-state index is 10.7. The summed E-state index contributed by atoms with van der Waals surface area (Å²) in [6.07, 6.45) is 3.20. The molecule has 0 spiro atoms. The van der Waals surface area contributed by atoms with Gasteiger partial charge in [-0.15, -0.1) is 0 Å². The third-order valence-electron chi connectivity index (χ3n) is 3.50. The number of piperidine rings is 1. The number of hydrogen-bond donors (Lipinski definition) is 2. The fraction of sp³-hybridized carbons (Fsp3) is 0.583. The van der Waals surface area contributed by atoms with Gasteiger partial charge < -0.3 is 9.63 Å². The number of aryl methyl sites for hydroxylation is 1. The zero-order valence-electron chi connectivity index (χ0n) is 10.8.